The number of nitrogens with zero attached hydrogens (tertiary/aromatic N) is 2. The third-order valence-electron chi connectivity index (χ3n) is 3.64. The maximum absolute atomic E-state index is 12.2. The molecule has 7 heteroatoms. The van der Waals surface area contributed by atoms with Crippen LogP contribution in [0, 0.1) is 6.92 Å². The number of nitrogens with one attached hydrogen (secondary N) is 1. The third kappa shape index (κ3) is 3.74. The van der Waals surface area contributed by atoms with Crippen LogP contribution in [0.3, 0.4) is 0 Å². The number of piperazine rings is 1. The first-order valence-corrected chi connectivity index (χ1v) is 8.36. The molecule has 1 aliphatic rings. The smallest absolute Gasteiger partial charge is 0.319 e. The Morgan fingerprint density at radius 2 is 1.86 bits per heavy atom. The molecule has 6 nitrogen and oxygen atoms in total. The predicted molar refractivity (Wildman–Crippen MR) is 80.6 cm³/mol. The lowest BCUT2D eigenvalue weighted by atomic mass is 10.2. The van der Waals surface area contributed by atoms with E-state index in [1.54, 1.807) is 17.0 Å². The SMILES string of the molecule is Cc1ccc(S(=O)(=O)NC(=O)N2CCN(C)CC2C)cc1. The minimum Gasteiger partial charge on any atom is -0.319 e. The Hall–Kier alpha value is -1.60. The molecule has 1 aromatic rings. The van der Waals surface area contributed by atoms with Crippen LogP contribution in [0.5, 0.6) is 0 Å². The van der Waals surface area contributed by atoms with Gasteiger partial charge in [-0.15, -0.1) is 0 Å². The summed E-state index contributed by atoms with van der Waals surface area (Å²) in [5.41, 5.74) is 0.966. The van der Waals surface area contributed by atoms with Gasteiger partial charge in [0.2, 0.25) is 0 Å². The summed E-state index contributed by atoms with van der Waals surface area (Å²) in [7, 11) is -1.84. The van der Waals surface area contributed by atoms with Crippen LogP contribution in [0.2, 0.25) is 0 Å². The second-order valence-electron chi connectivity index (χ2n) is 5.53. The fourth-order valence-electron chi connectivity index (χ4n) is 2.39. The Morgan fingerprint density at radius 1 is 1.24 bits per heavy atom. The van der Waals surface area contributed by atoms with Crippen molar-refractivity contribution in [3.8, 4) is 0 Å². The Labute approximate surface area is 125 Å². The number of hydrogen-bond donors (Lipinski definition) is 1. The van der Waals surface area contributed by atoms with Crippen LogP contribution in [0.25, 0.3) is 0 Å². The largest absolute Gasteiger partial charge is 0.331 e. The molecule has 1 N–H and O–H groups in total. The number of carbonyl (C=O) groups is 1. The molecule has 1 atom stereocenters. The van der Waals surface area contributed by atoms with Crippen LogP contribution in [-0.2, 0) is 10.0 Å². The standard InChI is InChI=1S/C14H21N3O3S/c1-11-4-6-13(7-5-11)21(19,20)15-14(18)17-9-8-16(3)10-12(17)2/h4-7,12H,8-10H2,1-3H3,(H,15,18). The van der Waals surface area contributed by atoms with Gasteiger partial charge in [-0.1, -0.05) is 17.7 Å². The molecular weight excluding hydrogens is 290 g/mol. The second-order valence-corrected chi connectivity index (χ2v) is 7.21. The van der Waals surface area contributed by atoms with E-state index in [-0.39, 0.29) is 10.9 Å². The Bertz CT molecular complexity index is 613. The summed E-state index contributed by atoms with van der Waals surface area (Å²) < 4.78 is 26.5. The van der Waals surface area contributed by atoms with Gasteiger partial charge in [0.25, 0.3) is 10.0 Å². The second kappa shape index (κ2) is 6.03. The van der Waals surface area contributed by atoms with Crippen molar-refractivity contribution in [2.75, 3.05) is 26.7 Å². The summed E-state index contributed by atoms with van der Waals surface area (Å²) in [6, 6.07) is 5.83. The summed E-state index contributed by atoms with van der Waals surface area (Å²) >= 11 is 0. The van der Waals surface area contributed by atoms with Crippen molar-refractivity contribution < 1.29 is 13.2 Å². The van der Waals surface area contributed by atoms with Crippen LogP contribution in [-0.4, -0.2) is 57.0 Å². The Balaban J connectivity index is 2.09. The molecule has 116 valence electrons. The van der Waals surface area contributed by atoms with E-state index in [4.69, 9.17) is 0 Å². The molecule has 1 aromatic carbocycles. The van der Waals surface area contributed by atoms with Crippen LogP contribution < -0.4 is 4.72 Å². The first-order valence-electron chi connectivity index (χ1n) is 6.88. The summed E-state index contributed by atoms with van der Waals surface area (Å²) in [4.78, 5) is 16.0. The minimum absolute atomic E-state index is 0.0167. The highest BCUT2D eigenvalue weighted by molar-refractivity contribution is 7.90. The monoisotopic (exact) mass is 311 g/mol. The number of likely N-dealkylation sites (N-methyl/N-ethyl adjacent to an activating group) is 1. The average molecular weight is 311 g/mol. The first kappa shape index (κ1) is 15.8. The third-order valence-corrected chi connectivity index (χ3v) is 4.98. The lowest BCUT2D eigenvalue weighted by molar-refractivity contribution is 0.120. The van der Waals surface area contributed by atoms with E-state index in [9.17, 15) is 13.2 Å². The zero-order valence-corrected chi connectivity index (χ0v) is 13.4. The molecule has 0 bridgehead atoms. The average Bonchev–Trinajstić information content (AvgIpc) is 2.38. The van der Waals surface area contributed by atoms with Crippen LogP contribution in [0.15, 0.2) is 29.2 Å². The Kier molecular flexibility index (Phi) is 4.53. The van der Waals surface area contributed by atoms with Gasteiger partial charge >= 0.3 is 6.03 Å². The van der Waals surface area contributed by atoms with Crippen molar-refractivity contribution in [3.63, 3.8) is 0 Å². The van der Waals surface area contributed by atoms with Crippen LogP contribution >= 0.6 is 0 Å². The fraction of sp³-hybridized carbons (Fsp3) is 0.500. The normalized spacial score (nSPS) is 20.3. The number of sulfonamides is 1. The van der Waals surface area contributed by atoms with Gasteiger partial charge in [0.15, 0.2) is 0 Å². The van der Waals surface area contributed by atoms with Crippen molar-refractivity contribution in [1.29, 1.82) is 0 Å². The van der Waals surface area contributed by atoms with Gasteiger partial charge in [0.1, 0.15) is 0 Å². The quantitative estimate of drug-likeness (QED) is 0.885. The van der Waals surface area contributed by atoms with Gasteiger partial charge in [0.05, 0.1) is 4.90 Å². The molecule has 21 heavy (non-hydrogen) atoms. The van der Waals surface area contributed by atoms with Gasteiger partial charge in [-0.2, -0.15) is 0 Å². The zero-order chi connectivity index (χ0) is 15.6. The number of rotatable bonds is 2. The number of aryl methyl sites for hydroxylation is 1. The molecule has 1 saturated heterocycles. The molecule has 0 saturated carbocycles. The topological polar surface area (TPSA) is 69.7 Å². The van der Waals surface area contributed by atoms with Crippen LogP contribution in [0.1, 0.15) is 12.5 Å². The zero-order valence-electron chi connectivity index (χ0n) is 12.5. The number of urea groups is 1. The molecule has 1 unspecified atom stereocenters. The minimum atomic E-state index is -3.82. The molecule has 2 rings (SSSR count). The molecule has 1 aliphatic heterocycles. The van der Waals surface area contributed by atoms with Crippen molar-refractivity contribution in [1.82, 2.24) is 14.5 Å². The van der Waals surface area contributed by atoms with Gasteiger partial charge in [-0.05, 0) is 33.0 Å². The van der Waals surface area contributed by atoms with Gasteiger partial charge in [0, 0.05) is 25.7 Å². The molecule has 0 radical (unpaired) electrons. The Morgan fingerprint density at radius 3 is 2.43 bits per heavy atom. The van der Waals surface area contributed by atoms with E-state index in [2.05, 4.69) is 9.62 Å². The van der Waals surface area contributed by atoms with E-state index < -0.39 is 16.1 Å². The molecule has 1 fully saturated rings. The van der Waals surface area contributed by atoms with E-state index in [1.165, 1.54) is 12.1 Å². The molecule has 1 heterocycles. The van der Waals surface area contributed by atoms with Gasteiger partial charge < -0.3 is 9.80 Å². The van der Waals surface area contributed by atoms with E-state index in [1.807, 2.05) is 20.9 Å². The summed E-state index contributed by atoms with van der Waals surface area (Å²) in [6.45, 7) is 5.78. The van der Waals surface area contributed by atoms with E-state index in [0.717, 1.165) is 18.7 Å². The van der Waals surface area contributed by atoms with E-state index in [0.29, 0.717) is 6.54 Å². The number of carbonyl (C=O) groups excluding carboxylic acids is 1. The maximum Gasteiger partial charge on any atom is 0.331 e. The highest BCUT2D eigenvalue weighted by Crippen LogP contribution is 2.12. The van der Waals surface area contributed by atoms with E-state index >= 15 is 0 Å². The molecule has 0 spiro atoms. The molecule has 0 aliphatic carbocycles. The van der Waals surface area contributed by atoms with Crippen LogP contribution in [0.4, 0.5) is 4.79 Å². The lowest BCUT2D eigenvalue weighted by Gasteiger charge is -2.37. The number of benzene rings is 1. The maximum atomic E-state index is 12.2. The van der Waals surface area contributed by atoms with Crippen molar-refractivity contribution in [2.24, 2.45) is 0 Å². The number of hydrogen-bond acceptors (Lipinski definition) is 4. The van der Waals surface area contributed by atoms with Crippen molar-refractivity contribution in [3.05, 3.63) is 29.8 Å². The van der Waals surface area contributed by atoms with Crippen molar-refractivity contribution in [2.45, 2.75) is 24.8 Å². The molecular formula is C14H21N3O3S. The summed E-state index contributed by atoms with van der Waals surface area (Å²) in [6.07, 6.45) is 0. The molecule has 0 aromatic heterocycles. The van der Waals surface area contributed by atoms with Gasteiger partial charge in [-0.3, -0.25) is 0 Å². The fourth-order valence-corrected chi connectivity index (χ4v) is 3.35. The number of amides is 2. The van der Waals surface area contributed by atoms with Crippen molar-refractivity contribution >= 4 is 16.1 Å². The van der Waals surface area contributed by atoms with Gasteiger partial charge in [-0.25, -0.2) is 17.9 Å². The molecule has 2 amide bonds. The highest BCUT2D eigenvalue weighted by atomic mass is 32.2. The summed E-state index contributed by atoms with van der Waals surface area (Å²) in [5, 5.41) is 0. The predicted octanol–water partition coefficient (Wildman–Crippen LogP) is 1.03. The first-order chi connectivity index (χ1) is 9.79. The lowest BCUT2D eigenvalue weighted by Crippen LogP contribution is -2.56. The summed E-state index contributed by atoms with van der Waals surface area (Å²) in [5.74, 6) is 0. The highest BCUT2D eigenvalue weighted by Gasteiger charge is 2.28.